The lowest BCUT2D eigenvalue weighted by Gasteiger charge is -2.20. The summed E-state index contributed by atoms with van der Waals surface area (Å²) in [7, 11) is 0. The van der Waals surface area contributed by atoms with Crippen LogP contribution in [-0.4, -0.2) is 24.2 Å². The van der Waals surface area contributed by atoms with Gasteiger partial charge in [-0.1, -0.05) is 6.92 Å². The molecule has 0 amide bonds. The van der Waals surface area contributed by atoms with E-state index in [0.717, 1.165) is 34.0 Å². The zero-order valence-electron chi connectivity index (χ0n) is 12.3. The number of benzene rings is 1. The van der Waals surface area contributed by atoms with Crippen LogP contribution < -0.4 is 14.8 Å². The molecule has 110 valence electrons. The third-order valence-corrected chi connectivity index (χ3v) is 4.46. The maximum absolute atomic E-state index is 5.69. The Labute approximate surface area is 124 Å². The maximum atomic E-state index is 5.69. The molecule has 1 aromatic heterocycles. The van der Waals surface area contributed by atoms with Gasteiger partial charge >= 0.3 is 0 Å². The zero-order valence-corrected chi connectivity index (χ0v) is 12.3. The summed E-state index contributed by atoms with van der Waals surface area (Å²) in [4.78, 5) is 4.54. The molecule has 1 aliphatic heterocycles. The SMILES string of the molecule is CC1CCC(Nc2nccc3cc4c(cc23)OCCO4)C1. The predicted octanol–water partition coefficient (Wildman–Crippen LogP) is 3.61. The highest BCUT2D eigenvalue weighted by molar-refractivity contribution is 5.94. The van der Waals surface area contributed by atoms with Crippen LogP contribution in [0.2, 0.25) is 0 Å². The van der Waals surface area contributed by atoms with Gasteiger partial charge in [-0.15, -0.1) is 0 Å². The molecule has 1 saturated carbocycles. The van der Waals surface area contributed by atoms with Crippen molar-refractivity contribution in [2.75, 3.05) is 18.5 Å². The van der Waals surface area contributed by atoms with E-state index in [1.165, 1.54) is 19.3 Å². The van der Waals surface area contributed by atoms with Gasteiger partial charge in [-0.05, 0) is 48.8 Å². The quantitative estimate of drug-likeness (QED) is 0.915. The molecular formula is C17H20N2O2. The molecule has 0 bridgehead atoms. The number of ether oxygens (including phenoxy) is 2. The van der Waals surface area contributed by atoms with Crippen molar-refractivity contribution in [2.45, 2.75) is 32.2 Å². The normalized spacial score (nSPS) is 24.2. The molecule has 2 aromatic rings. The standard InChI is InChI=1S/C17H20N2O2/c1-11-2-3-13(8-11)19-17-14-10-16-15(20-6-7-21-16)9-12(14)4-5-18-17/h4-5,9-11,13H,2-3,6-8H2,1H3,(H,18,19). The van der Waals surface area contributed by atoms with E-state index in [1.807, 2.05) is 18.3 Å². The van der Waals surface area contributed by atoms with Crippen LogP contribution in [0.15, 0.2) is 24.4 Å². The van der Waals surface area contributed by atoms with Crippen molar-refractivity contribution in [3.05, 3.63) is 24.4 Å². The van der Waals surface area contributed by atoms with Crippen LogP contribution in [0.25, 0.3) is 10.8 Å². The first-order valence-electron chi connectivity index (χ1n) is 7.74. The second-order valence-electron chi connectivity index (χ2n) is 6.14. The van der Waals surface area contributed by atoms with Crippen molar-refractivity contribution in [3.8, 4) is 11.5 Å². The Morgan fingerprint density at radius 2 is 1.95 bits per heavy atom. The van der Waals surface area contributed by atoms with Crippen molar-refractivity contribution < 1.29 is 9.47 Å². The number of fused-ring (bicyclic) bond motifs is 2. The van der Waals surface area contributed by atoms with Crippen LogP contribution in [0.3, 0.4) is 0 Å². The van der Waals surface area contributed by atoms with Gasteiger partial charge in [-0.25, -0.2) is 4.98 Å². The lowest BCUT2D eigenvalue weighted by atomic mass is 10.1. The third-order valence-electron chi connectivity index (χ3n) is 4.46. The molecule has 2 unspecified atom stereocenters. The van der Waals surface area contributed by atoms with E-state index in [0.29, 0.717) is 19.3 Å². The second-order valence-corrected chi connectivity index (χ2v) is 6.14. The molecule has 1 N–H and O–H groups in total. The number of hydrogen-bond acceptors (Lipinski definition) is 4. The molecule has 2 atom stereocenters. The minimum absolute atomic E-state index is 0.534. The van der Waals surface area contributed by atoms with E-state index in [4.69, 9.17) is 9.47 Å². The summed E-state index contributed by atoms with van der Waals surface area (Å²) in [6, 6.07) is 6.66. The first-order valence-corrected chi connectivity index (χ1v) is 7.74. The summed E-state index contributed by atoms with van der Waals surface area (Å²) in [5, 5.41) is 5.87. The Kier molecular flexibility index (Phi) is 3.09. The molecule has 2 aliphatic rings. The summed E-state index contributed by atoms with van der Waals surface area (Å²) in [6.45, 7) is 3.55. The number of aromatic nitrogens is 1. The van der Waals surface area contributed by atoms with Gasteiger partial charge in [0.1, 0.15) is 19.0 Å². The van der Waals surface area contributed by atoms with Gasteiger partial charge in [-0.2, -0.15) is 0 Å². The summed E-state index contributed by atoms with van der Waals surface area (Å²) in [6.07, 6.45) is 5.61. The summed E-state index contributed by atoms with van der Waals surface area (Å²) in [5.41, 5.74) is 0. The number of anilines is 1. The van der Waals surface area contributed by atoms with Gasteiger partial charge in [0.2, 0.25) is 0 Å². The average molecular weight is 284 g/mol. The van der Waals surface area contributed by atoms with Crippen molar-refractivity contribution in [1.29, 1.82) is 0 Å². The average Bonchev–Trinajstić information content (AvgIpc) is 2.91. The second kappa shape index (κ2) is 5.10. The Bertz CT molecular complexity index is 671. The molecule has 0 spiro atoms. The van der Waals surface area contributed by atoms with Crippen LogP contribution in [0, 0.1) is 5.92 Å². The molecule has 1 aromatic carbocycles. The Morgan fingerprint density at radius 3 is 2.71 bits per heavy atom. The van der Waals surface area contributed by atoms with Crippen LogP contribution in [0.5, 0.6) is 11.5 Å². The van der Waals surface area contributed by atoms with Gasteiger partial charge in [0.05, 0.1) is 0 Å². The lowest BCUT2D eigenvalue weighted by Crippen LogP contribution is -2.17. The molecular weight excluding hydrogens is 264 g/mol. The fraction of sp³-hybridized carbons (Fsp3) is 0.471. The largest absolute Gasteiger partial charge is 0.486 e. The van der Waals surface area contributed by atoms with E-state index in [1.54, 1.807) is 0 Å². The van der Waals surface area contributed by atoms with Gasteiger partial charge < -0.3 is 14.8 Å². The molecule has 0 radical (unpaired) electrons. The number of nitrogens with zero attached hydrogens (tertiary/aromatic N) is 1. The van der Waals surface area contributed by atoms with Crippen molar-refractivity contribution in [3.63, 3.8) is 0 Å². The topological polar surface area (TPSA) is 43.4 Å². The van der Waals surface area contributed by atoms with Crippen LogP contribution in [0.4, 0.5) is 5.82 Å². The molecule has 4 nitrogen and oxygen atoms in total. The van der Waals surface area contributed by atoms with Crippen LogP contribution in [0.1, 0.15) is 26.2 Å². The zero-order chi connectivity index (χ0) is 14.2. The summed E-state index contributed by atoms with van der Waals surface area (Å²) < 4.78 is 11.3. The minimum Gasteiger partial charge on any atom is -0.486 e. The smallest absolute Gasteiger partial charge is 0.162 e. The summed E-state index contributed by atoms with van der Waals surface area (Å²) >= 11 is 0. The number of pyridine rings is 1. The molecule has 1 aliphatic carbocycles. The molecule has 21 heavy (non-hydrogen) atoms. The predicted molar refractivity (Wildman–Crippen MR) is 83.2 cm³/mol. The van der Waals surface area contributed by atoms with Crippen molar-refractivity contribution >= 4 is 16.6 Å². The van der Waals surface area contributed by atoms with Gasteiger partial charge in [0.25, 0.3) is 0 Å². The highest BCUT2D eigenvalue weighted by atomic mass is 16.6. The molecule has 4 heteroatoms. The maximum Gasteiger partial charge on any atom is 0.162 e. The van der Waals surface area contributed by atoms with E-state index in [2.05, 4.69) is 23.3 Å². The fourth-order valence-electron chi connectivity index (χ4n) is 3.36. The van der Waals surface area contributed by atoms with E-state index < -0.39 is 0 Å². The Hall–Kier alpha value is -1.97. The van der Waals surface area contributed by atoms with Crippen molar-refractivity contribution in [2.24, 2.45) is 5.92 Å². The summed E-state index contributed by atoms with van der Waals surface area (Å²) in [5.74, 6) is 3.43. The lowest BCUT2D eigenvalue weighted by molar-refractivity contribution is 0.172. The first-order chi connectivity index (χ1) is 10.3. The highest BCUT2D eigenvalue weighted by Gasteiger charge is 2.22. The first kappa shape index (κ1) is 12.7. The minimum atomic E-state index is 0.534. The molecule has 4 rings (SSSR count). The van der Waals surface area contributed by atoms with E-state index in [9.17, 15) is 0 Å². The number of nitrogens with one attached hydrogen (secondary N) is 1. The molecule has 1 fully saturated rings. The fourth-order valence-corrected chi connectivity index (χ4v) is 3.36. The van der Waals surface area contributed by atoms with E-state index >= 15 is 0 Å². The molecule has 0 saturated heterocycles. The number of rotatable bonds is 2. The highest BCUT2D eigenvalue weighted by Crippen LogP contribution is 2.37. The van der Waals surface area contributed by atoms with Crippen LogP contribution >= 0.6 is 0 Å². The van der Waals surface area contributed by atoms with Gasteiger partial charge in [-0.3, -0.25) is 0 Å². The Balaban J connectivity index is 1.71. The van der Waals surface area contributed by atoms with E-state index in [-0.39, 0.29) is 0 Å². The monoisotopic (exact) mass is 284 g/mol. The van der Waals surface area contributed by atoms with Crippen molar-refractivity contribution in [1.82, 2.24) is 4.98 Å². The molecule has 2 heterocycles. The third kappa shape index (κ3) is 2.39. The van der Waals surface area contributed by atoms with Gasteiger partial charge in [0.15, 0.2) is 11.5 Å². The van der Waals surface area contributed by atoms with Gasteiger partial charge in [0, 0.05) is 17.6 Å². The Morgan fingerprint density at radius 1 is 1.14 bits per heavy atom. The number of hydrogen-bond donors (Lipinski definition) is 1. The van der Waals surface area contributed by atoms with Crippen LogP contribution in [-0.2, 0) is 0 Å².